The molecule has 0 aliphatic carbocycles. The number of ether oxygens (including phenoxy) is 1. The SMILES string of the molecule is CC[C@@]12CN(c3nc(C)ns3)[C@@H]([C@H](n3cc(C)c(N)nc3=O)O1)[C@@H]2O. The molecule has 2 fully saturated rings. The van der Waals surface area contributed by atoms with Gasteiger partial charge in [0, 0.05) is 23.3 Å². The van der Waals surface area contributed by atoms with E-state index in [2.05, 4.69) is 14.3 Å². The van der Waals surface area contributed by atoms with Gasteiger partial charge in [-0.3, -0.25) is 4.57 Å². The summed E-state index contributed by atoms with van der Waals surface area (Å²) in [4.78, 5) is 22.7. The fourth-order valence-corrected chi connectivity index (χ4v) is 4.40. The van der Waals surface area contributed by atoms with E-state index in [1.54, 1.807) is 13.1 Å². The van der Waals surface area contributed by atoms with Crippen molar-refractivity contribution >= 4 is 22.5 Å². The van der Waals surface area contributed by atoms with Crippen LogP contribution in [0, 0.1) is 13.8 Å². The van der Waals surface area contributed by atoms with Gasteiger partial charge in [-0.15, -0.1) is 0 Å². The minimum absolute atomic E-state index is 0.201. The molecule has 25 heavy (non-hydrogen) atoms. The number of morpholine rings is 1. The molecule has 0 radical (unpaired) electrons. The number of nitrogens with two attached hydrogens (primary N) is 1. The monoisotopic (exact) mass is 364 g/mol. The number of nitrogen functional groups attached to an aromatic ring is 1. The van der Waals surface area contributed by atoms with E-state index in [0.717, 1.165) is 5.13 Å². The third-order valence-electron chi connectivity index (χ3n) is 5.12. The third kappa shape index (κ3) is 2.28. The molecule has 2 aliphatic rings. The van der Waals surface area contributed by atoms with Crippen LogP contribution in [0.5, 0.6) is 0 Å². The van der Waals surface area contributed by atoms with E-state index >= 15 is 0 Å². The molecule has 0 aromatic carbocycles. The number of rotatable bonds is 3. The molecule has 2 bridgehead atoms. The Morgan fingerprint density at radius 3 is 2.84 bits per heavy atom. The molecule has 0 spiro atoms. The first-order valence-electron chi connectivity index (χ1n) is 8.14. The summed E-state index contributed by atoms with van der Waals surface area (Å²) in [6.45, 7) is 6.08. The lowest BCUT2D eigenvalue weighted by atomic mass is 9.96. The fraction of sp³-hybridized carbons (Fsp3) is 0.600. The van der Waals surface area contributed by atoms with E-state index in [1.807, 2.05) is 18.7 Å². The summed E-state index contributed by atoms with van der Waals surface area (Å²) in [5.41, 5.74) is 5.17. The predicted molar refractivity (Wildman–Crippen MR) is 92.6 cm³/mol. The van der Waals surface area contributed by atoms with Crippen LogP contribution in [0.1, 0.15) is 31.0 Å². The second-order valence-corrected chi connectivity index (χ2v) is 7.34. The zero-order valence-electron chi connectivity index (χ0n) is 14.2. The van der Waals surface area contributed by atoms with Crippen LogP contribution in [0.2, 0.25) is 0 Å². The van der Waals surface area contributed by atoms with Gasteiger partial charge in [0.15, 0.2) is 6.23 Å². The lowest BCUT2D eigenvalue weighted by Crippen LogP contribution is -2.48. The normalized spacial score (nSPS) is 31.0. The molecule has 4 rings (SSSR count). The second kappa shape index (κ2) is 5.48. The lowest BCUT2D eigenvalue weighted by Gasteiger charge is -2.36. The summed E-state index contributed by atoms with van der Waals surface area (Å²) in [6, 6.07) is -0.435. The second-order valence-electron chi connectivity index (χ2n) is 6.61. The summed E-state index contributed by atoms with van der Waals surface area (Å²) < 4.78 is 11.8. The van der Waals surface area contributed by atoms with E-state index in [0.29, 0.717) is 24.4 Å². The zero-order valence-corrected chi connectivity index (χ0v) is 15.0. The van der Waals surface area contributed by atoms with Gasteiger partial charge < -0.3 is 20.5 Å². The van der Waals surface area contributed by atoms with E-state index in [4.69, 9.17) is 10.5 Å². The Morgan fingerprint density at radius 2 is 2.24 bits per heavy atom. The average molecular weight is 364 g/mol. The van der Waals surface area contributed by atoms with Gasteiger partial charge in [0.1, 0.15) is 29.4 Å². The molecule has 3 N–H and O–H groups in total. The molecular formula is C15H20N6O3S. The third-order valence-corrected chi connectivity index (χ3v) is 5.96. The van der Waals surface area contributed by atoms with Gasteiger partial charge >= 0.3 is 5.69 Å². The molecule has 0 amide bonds. The molecule has 4 heterocycles. The Morgan fingerprint density at radius 1 is 1.48 bits per heavy atom. The number of anilines is 2. The van der Waals surface area contributed by atoms with Crippen molar-refractivity contribution in [3.8, 4) is 0 Å². The minimum atomic E-state index is -0.746. The quantitative estimate of drug-likeness (QED) is 0.794. The van der Waals surface area contributed by atoms with E-state index in [9.17, 15) is 9.90 Å². The van der Waals surface area contributed by atoms with E-state index in [1.165, 1.54) is 16.1 Å². The van der Waals surface area contributed by atoms with Crippen LogP contribution < -0.4 is 16.3 Å². The standard InChI is InChI=1S/C15H20N6O3S/c1-4-15-6-21(14-17-8(3)19-25-14)9(10(15)22)12(24-15)20-5-7(2)11(16)18-13(20)23/h5,9-10,12,22H,4,6H2,1-3H3,(H2,16,18,23)/t9-,10+,12-,15+/m1/s1. The van der Waals surface area contributed by atoms with Gasteiger partial charge in [-0.05, 0) is 20.3 Å². The maximum absolute atomic E-state index is 12.4. The molecule has 0 unspecified atom stereocenters. The van der Waals surface area contributed by atoms with Crippen LogP contribution in [0.15, 0.2) is 11.0 Å². The van der Waals surface area contributed by atoms with Crippen molar-refractivity contribution in [2.75, 3.05) is 17.2 Å². The lowest BCUT2D eigenvalue weighted by molar-refractivity contribution is -0.106. The molecule has 4 atom stereocenters. The highest BCUT2D eigenvalue weighted by molar-refractivity contribution is 7.09. The van der Waals surface area contributed by atoms with Crippen molar-refractivity contribution in [1.82, 2.24) is 18.9 Å². The molecule has 134 valence electrons. The Labute approximate surface area is 148 Å². The molecule has 9 nitrogen and oxygen atoms in total. The largest absolute Gasteiger partial charge is 0.388 e. The van der Waals surface area contributed by atoms with Gasteiger partial charge in [-0.1, -0.05) is 6.92 Å². The van der Waals surface area contributed by atoms with Crippen LogP contribution in [-0.2, 0) is 4.74 Å². The van der Waals surface area contributed by atoms with E-state index < -0.39 is 29.7 Å². The van der Waals surface area contributed by atoms with Crippen molar-refractivity contribution in [3.05, 3.63) is 28.1 Å². The highest BCUT2D eigenvalue weighted by atomic mass is 32.1. The molecular weight excluding hydrogens is 344 g/mol. The summed E-state index contributed by atoms with van der Waals surface area (Å²) in [7, 11) is 0. The number of fused-ring (bicyclic) bond motifs is 2. The predicted octanol–water partition coefficient (Wildman–Crippen LogP) is 0.221. The first-order valence-corrected chi connectivity index (χ1v) is 8.92. The number of aliphatic hydroxyl groups excluding tert-OH is 1. The number of hydrogen-bond acceptors (Lipinski definition) is 9. The Balaban J connectivity index is 1.80. The molecule has 2 aliphatic heterocycles. The number of hydrogen-bond donors (Lipinski definition) is 2. The van der Waals surface area contributed by atoms with Crippen molar-refractivity contribution < 1.29 is 9.84 Å². The first kappa shape index (κ1) is 16.4. The van der Waals surface area contributed by atoms with Crippen molar-refractivity contribution in [3.63, 3.8) is 0 Å². The summed E-state index contributed by atoms with van der Waals surface area (Å²) >= 11 is 1.28. The smallest absolute Gasteiger partial charge is 0.351 e. The van der Waals surface area contributed by atoms with Crippen molar-refractivity contribution in [2.45, 2.75) is 51.2 Å². The fourth-order valence-electron chi connectivity index (χ4n) is 3.68. The number of nitrogens with zero attached hydrogens (tertiary/aromatic N) is 5. The topological polar surface area (TPSA) is 119 Å². The Bertz CT molecular complexity index is 882. The van der Waals surface area contributed by atoms with Crippen molar-refractivity contribution in [1.29, 1.82) is 0 Å². The molecule has 2 aromatic heterocycles. The van der Waals surface area contributed by atoms with Gasteiger partial charge in [0.25, 0.3) is 0 Å². The highest BCUT2D eigenvalue weighted by Crippen LogP contribution is 2.49. The Kier molecular flexibility index (Phi) is 3.60. The molecule has 10 heteroatoms. The van der Waals surface area contributed by atoms with Gasteiger partial charge in [-0.2, -0.15) is 9.36 Å². The van der Waals surface area contributed by atoms with Gasteiger partial charge in [0.05, 0.1) is 6.54 Å². The summed E-state index contributed by atoms with van der Waals surface area (Å²) in [6.07, 6.45) is 0.852. The molecule has 2 aromatic rings. The van der Waals surface area contributed by atoms with Gasteiger partial charge in [0.2, 0.25) is 5.13 Å². The highest BCUT2D eigenvalue weighted by Gasteiger charge is 2.63. The number of aromatic nitrogens is 4. The maximum Gasteiger partial charge on any atom is 0.351 e. The first-order chi connectivity index (χ1) is 11.9. The minimum Gasteiger partial charge on any atom is -0.388 e. The van der Waals surface area contributed by atoms with Crippen LogP contribution in [0.25, 0.3) is 0 Å². The number of aliphatic hydroxyl groups is 1. The van der Waals surface area contributed by atoms with E-state index in [-0.39, 0.29) is 5.82 Å². The van der Waals surface area contributed by atoms with Crippen LogP contribution >= 0.6 is 11.5 Å². The summed E-state index contributed by atoms with van der Waals surface area (Å²) in [5.74, 6) is 0.884. The van der Waals surface area contributed by atoms with Crippen LogP contribution in [-0.4, -0.2) is 48.3 Å². The molecule has 0 saturated carbocycles. The Hall–Kier alpha value is -2.04. The van der Waals surface area contributed by atoms with Crippen molar-refractivity contribution in [2.24, 2.45) is 0 Å². The maximum atomic E-state index is 12.4. The number of aryl methyl sites for hydroxylation is 2. The van der Waals surface area contributed by atoms with Crippen LogP contribution in [0.4, 0.5) is 10.9 Å². The molecule has 2 saturated heterocycles. The zero-order chi connectivity index (χ0) is 17.9. The van der Waals surface area contributed by atoms with Crippen LogP contribution in [0.3, 0.4) is 0 Å². The summed E-state index contributed by atoms with van der Waals surface area (Å²) in [5, 5.41) is 11.6. The average Bonchev–Trinajstić information content (AvgIpc) is 3.21. The van der Waals surface area contributed by atoms with Gasteiger partial charge in [-0.25, -0.2) is 9.78 Å².